The van der Waals surface area contributed by atoms with Crippen LogP contribution in [-0.2, 0) is 24.2 Å². The van der Waals surface area contributed by atoms with Crippen LogP contribution < -0.4 is 5.56 Å². The molecule has 1 saturated heterocycles. The van der Waals surface area contributed by atoms with Gasteiger partial charge in [0.1, 0.15) is 12.9 Å². The van der Waals surface area contributed by atoms with Crippen LogP contribution in [0.2, 0.25) is 0 Å². The molecule has 132 valence electrons. The molecule has 1 aliphatic carbocycles. The highest BCUT2D eigenvalue weighted by Gasteiger charge is 2.21. The highest BCUT2D eigenvalue weighted by Crippen LogP contribution is 2.21. The third kappa shape index (κ3) is 3.17. The smallest absolute Gasteiger partial charge is 0.263 e. The number of aromatic nitrogens is 3. The van der Waals surface area contributed by atoms with Crippen molar-refractivity contribution < 1.29 is 4.79 Å². The van der Waals surface area contributed by atoms with Gasteiger partial charge in [-0.1, -0.05) is 6.92 Å². The van der Waals surface area contributed by atoms with E-state index in [0.29, 0.717) is 17.0 Å². The van der Waals surface area contributed by atoms with Crippen molar-refractivity contribution >= 4 is 16.9 Å². The molecule has 6 heteroatoms. The summed E-state index contributed by atoms with van der Waals surface area (Å²) < 4.78 is 1.43. The Kier molecular flexibility index (Phi) is 4.27. The fraction of sp³-hybridized carbons (Fsp3) is 0.579. The van der Waals surface area contributed by atoms with Crippen LogP contribution in [0.1, 0.15) is 43.9 Å². The number of amides is 1. The molecule has 2 aromatic rings. The Morgan fingerprint density at radius 1 is 1.24 bits per heavy atom. The van der Waals surface area contributed by atoms with Gasteiger partial charge in [0.15, 0.2) is 5.65 Å². The van der Waals surface area contributed by atoms with Gasteiger partial charge in [-0.25, -0.2) is 9.97 Å². The Bertz CT molecular complexity index is 866. The summed E-state index contributed by atoms with van der Waals surface area (Å²) in [6.07, 6.45) is 7.75. The molecule has 0 atom stereocenters. The minimum absolute atomic E-state index is 0.000990. The summed E-state index contributed by atoms with van der Waals surface area (Å²) in [5, 5.41) is 0.531. The minimum Gasteiger partial charge on any atom is -0.341 e. The quantitative estimate of drug-likeness (QED) is 0.838. The monoisotopic (exact) mass is 340 g/mol. The first-order valence-corrected chi connectivity index (χ1v) is 9.27. The van der Waals surface area contributed by atoms with Gasteiger partial charge in [0.05, 0.1) is 5.39 Å². The van der Waals surface area contributed by atoms with Gasteiger partial charge in [-0.3, -0.25) is 14.2 Å². The molecule has 1 aliphatic heterocycles. The van der Waals surface area contributed by atoms with Crippen molar-refractivity contribution in [3.8, 4) is 0 Å². The Labute approximate surface area is 146 Å². The lowest BCUT2D eigenvalue weighted by molar-refractivity contribution is -0.133. The van der Waals surface area contributed by atoms with Crippen molar-refractivity contribution in [2.24, 2.45) is 5.92 Å². The number of carbonyl (C=O) groups excluding carboxylic acids is 1. The average molecular weight is 340 g/mol. The lowest BCUT2D eigenvalue weighted by atomic mass is 9.95. The number of carbonyl (C=O) groups is 1. The van der Waals surface area contributed by atoms with Crippen molar-refractivity contribution in [3.05, 3.63) is 34.0 Å². The van der Waals surface area contributed by atoms with Crippen LogP contribution in [0.15, 0.2) is 17.2 Å². The highest BCUT2D eigenvalue weighted by atomic mass is 16.2. The van der Waals surface area contributed by atoms with Gasteiger partial charge in [-0.2, -0.15) is 0 Å². The van der Waals surface area contributed by atoms with E-state index in [1.807, 2.05) is 11.0 Å². The molecule has 6 nitrogen and oxygen atoms in total. The van der Waals surface area contributed by atoms with Crippen LogP contribution in [0.3, 0.4) is 0 Å². The number of aryl methyl sites for hydroxylation is 2. The molecule has 0 unspecified atom stereocenters. The van der Waals surface area contributed by atoms with E-state index in [1.54, 1.807) is 0 Å². The lowest BCUT2D eigenvalue weighted by Gasteiger charge is -2.30. The van der Waals surface area contributed by atoms with Gasteiger partial charge >= 0.3 is 0 Å². The van der Waals surface area contributed by atoms with Crippen molar-refractivity contribution in [3.63, 3.8) is 0 Å². The van der Waals surface area contributed by atoms with E-state index in [1.165, 1.54) is 10.9 Å². The van der Waals surface area contributed by atoms with E-state index < -0.39 is 0 Å². The van der Waals surface area contributed by atoms with E-state index in [2.05, 4.69) is 16.9 Å². The molecule has 0 radical (unpaired) electrons. The normalized spacial score (nSPS) is 18.4. The molecular weight excluding hydrogens is 316 g/mol. The maximum Gasteiger partial charge on any atom is 0.263 e. The molecule has 25 heavy (non-hydrogen) atoms. The fourth-order valence-electron chi connectivity index (χ4n) is 3.83. The van der Waals surface area contributed by atoms with Gasteiger partial charge in [0, 0.05) is 18.8 Å². The number of likely N-dealkylation sites (tertiary alicyclic amines) is 1. The highest BCUT2D eigenvalue weighted by molar-refractivity contribution is 5.78. The number of hydrogen-bond acceptors (Lipinski definition) is 4. The lowest BCUT2D eigenvalue weighted by Crippen LogP contribution is -2.41. The zero-order valence-corrected chi connectivity index (χ0v) is 14.7. The molecule has 3 heterocycles. The summed E-state index contributed by atoms with van der Waals surface area (Å²) >= 11 is 0. The molecule has 0 aromatic carbocycles. The third-order valence-electron chi connectivity index (χ3n) is 5.53. The summed E-state index contributed by atoms with van der Waals surface area (Å²) in [4.78, 5) is 36.1. The van der Waals surface area contributed by atoms with Crippen molar-refractivity contribution in [2.75, 3.05) is 13.1 Å². The van der Waals surface area contributed by atoms with E-state index in [-0.39, 0.29) is 18.0 Å². The molecule has 1 amide bonds. The average Bonchev–Trinajstić information content (AvgIpc) is 2.63. The standard InChI is InChI=1S/C19H24N4O2/c1-13-6-8-22(9-7-13)17(24)11-23-12-20-18-15(19(23)25)10-14-4-2-3-5-16(14)21-18/h10,12-13H,2-9,11H2,1H3. The number of hydrogen-bond donors (Lipinski definition) is 0. The number of rotatable bonds is 2. The van der Waals surface area contributed by atoms with E-state index >= 15 is 0 Å². The number of fused-ring (bicyclic) bond motifs is 2. The zero-order chi connectivity index (χ0) is 17.4. The summed E-state index contributed by atoms with van der Waals surface area (Å²) in [5.74, 6) is 0.674. The van der Waals surface area contributed by atoms with Crippen LogP contribution in [-0.4, -0.2) is 38.4 Å². The molecule has 0 bridgehead atoms. The van der Waals surface area contributed by atoms with Crippen molar-refractivity contribution in [1.82, 2.24) is 19.4 Å². The molecule has 0 saturated carbocycles. The second-order valence-electron chi connectivity index (χ2n) is 7.41. The maximum atomic E-state index is 12.8. The SMILES string of the molecule is CC1CCN(C(=O)Cn2cnc3nc4c(cc3c2=O)CCCC4)CC1. The molecule has 2 aromatic heterocycles. The Morgan fingerprint density at radius 2 is 2.00 bits per heavy atom. The third-order valence-corrected chi connectivity index (χ3v) is 5.53. The van der Waals surface area contributed by atoms with E-state index in [0.717, 1.165) is 62.9 Å². The first-order valence-electron chi connectivity index (χ1n) is 9.27. The Morgan fingerprint density at radius 3 is 2.80 bits per heavy atom. The molecule has 2 aliphatic rings. The van der Waals surface area contributed by atoms with Gasteiger partial charge in [0.2, 0.25) is 5.91 Å². The molecule has 0 spiro atoms. The molecule has 1 fully saturated rings. The van der Waals surface area contributed by atoms with Gasteiger partial charge in [0.25, 0.3) is 5.56 Å². The second-order valence-corrected chi connectivity index (χ2v) is 7.41. The van der Waals surface area contributed by atoms with Gasteiger partial charge in [-0.15, -0.1) is 0 Å². The Hall–Kier alpha value is -2.24. The van der Waals surface area contributed by atoms with E-state index in [9.17, 15) is 9.59 Å². The van der Waals surface area contributed by atoms with Crippen LogP contribution in [0.25, 0.3) is 11.0 Å². The zero-order valence-electron chi connectivity index (χ0n) is 14.7. The second kappa shape index (κ2) is 6.58. The minimum atomic E-state index is -0.162. The van der Waals surface area contributed by atoms with Crippen molar-refractivity contribution in [2.45, 2.75) is 52.0 Å². The summed E-state index contributed by atoms with van der Waals surface area (Å²) in [6.45, 7) is 3.84. The van der Waals surface area contributed by atoms with Gasteiger partial charge < -0.3 is 4.90 Å². The molecular formula is C19H24N4O2. The van der Waals surface area contributed by atoms with Crippen LogP contribution in [0.5, 0.6) is 0 Å². The first-order chi connectivity index (χ1) is 12.1. The summed E-state index contributed by atoms with van der Waals surface area (Å²) in [6, 6.07) is 1.94. The van der Waals surface area contributed by atoms with E-state index in [4.69, 9.17) is 0 Å². The predicted octanol–water partition coefficient (Wildman–Crippen LogP) is 1.93. The number of piperidine rings is 1. The number of nitrogens with zero attached hydrogens (tertiary/aromatic N) is 4. The Balaban J connectivity index is 1.61. The predicted molar refractivity (Wildman–Crippen MR) is 95.4 cm³/mol. The van der Waals surface area contributed by atoms with Crippen LogP contribution >= 0.6 is 0 Å². The molecule has 4 rings (SSSR count). The number of pyridine rings is 1. The summed E-state index contributed by atoms with van der Waals surface area (Å²) in [5.41, 5.74) is 2.57. The van der Waals surface area contributed by atoms with Gasteiger partial charge in [-0.05, 0) is 56.1 Å². The van der Waals surface area contributed by atoms with Crippen molar-refractivity contribution in [1.29, 1.82) is 0 Å². The first kappa shape index (κ1) is 16.2. The summed E-state index contributed by atoms with van der Waals surface area (Å²) in [7, 11) is 0. The maximum absolute atomic E-state index is 12.8. The fourth-order valence-corrected chi connectivity index (χ4v) is 3.83. The van der Waals surface area contributed by atoms with Crippen LogP contribution in [0, 0.1) is 5.92 Å². The molecule has 0 N–H and O–H groups in total. The van der Waals surface area contributed by atoms with Crippen LogP contribution in [0.4, 0.5) is 0 Å². The topological polar surface area (TPSA) is 68.1 Å². The largest absolute Gasteiger partial charge is 0.341 e.